The third-order valence-electron chi connectivity index (χ3n) is 8.41. The lowest BCUT2D eigenvalue weighted by molar-refractivity contribution is -0.0453. The van der Waals surface area contributed by atoms with Crippen LogP contribution >= 0.6 is 0 Å². The minimum absolute atomic E-state index is 0.00283. The first kappa shape index (κ1) is 34.5. The summed E-state index contributed by atoms with van der Waals surface area (Å²) in [5.41, 5.74) is 2.91. The van der Waals surface area contributed by atoms with E-state index in [9.17, 15) is 14.4 Å². The summed E-state index contributed by atoms with van der Waals surface area (Å²) in [4.78, 5) is 38.7. The number of anilines is 2. The zero-order chi connectivity index (χ0) is 35.2. The van der Waals surface area contributed by atoms with Crippen LogP contribution in [-0.4, -0.2) is 70.4 Å². The average molecular weight is 688 g/mol. The van der Waals surface area contributed by atoms with E-state index in [1.807, 2.05) is 38.1 Å². The standard InChI is InChI=1S/C35H41N7O8/c1-20(2)36-35(45)50-24-13-10-22(16-24)26-18-30(40-39-26)38-33(44)28-17-27(41-42(28)3)32(43)37-25-6-5-7-29(31(25)34-47-14-15-48-34)49-19-21-8-11-23(46-4)12-9-21/h5-9,11-12,17-18,20,22,24,34H,10,13-16,19H2,1-4H3,(H,36,45)(H,37,43)(H2,38,39,40,44)/t22-,24+/m0/s1. The highest BCUT2D eigenvalue weighted by molar-refractivity contribution is 6.07. The lowest BCUT2D eigenvalue weighted by Gasteiger charge is -2.19. The maximum absolute atomic E-state index is 13.5. The highest BCUT2D eigenvalue weighted by atomic mass is 16.7. The molecule has 6 rings (SSSR count). The van der Waals surface area contributed by atoms with Crippen LogP contribution in [0, 0.1) is 0 Å². The molecule has 2 aromatic carbocycles. The van der Waals surface area contributed by atoms with Gasteiger partial charge in [-0.3, -0.25) is 19.4 Å². The van der Waals surface area contributed by atoms with Crippen molar-refractivity contribution < 1.29 is 38.1 Å². The number of aromatic amines is 1. The van der Waals surface area contributed by atoms with Crippen molar-refractivity contribution in [2.75, 3.05) is 31.0 Å². The SMILES string of the molecule is COc1ccc(COc2cccc(NC(=O)c3cc(C(=O)Nc4cc([C@H]5CC[C@@H](OC(=O)NC(C)C)C5)[nH]n4)n(C)n3)c2C2OCCO2)cc1. The van der Waals surface area contributed by atoms with Crippen LogP contribution in [0.15, 0.2) is 54.6 Å². The van der Waals surface area contributed by atoms with Gasteiger partial charge in [0.1, 0.15) is 29.9 Å². The van der Waals surface area contributed by atoms with E-state index in [1.165, 1.54) is 10.7 Å². The number of benzene rings is 2. The molecular formula is C35H41N7O8. The Hall–Kier alpha value is -5.41. The van der Waals surface area contributed by atoms with Crippen molar-refractivity contribution in [3.63, 3.8) is 0 Å². The van der Waals surface area contributed by atoms with Crippen LogP contribution in [0.4, 0.5) is 16.3 Å². The Labute approximate surface area is 289 Å². The fourth-order valence-electron chi connectivity index (χ4n) is 5.95. The number of methoxy groups -OCH3 is 1. The summed E-state index contributed by atoms with van der Waals surface area (Å²) < 4.78 is 29.8. The monoisotopic (exact) mass is 687 g/mol. The summed E-state index contributed by atoms with van der Waals surface area (Å²) in [6, 6.07) is 16.0. The second-order valence-electron chi connectivity index (χ2n) is 12.4. The van der Waals surface area contributed by atoms with E-state index >= 15 is 0 Å². The number of hydrogen-bond donors (Lipinski definition) is 4. The number of aryl methyl sites for hydroxylation is 1. The normalized spacial score (nSPS) is 17.5. The van der Waals surface area contributed by atoms with E-state index in [-0.39, 0.29) is 36.1 Å². The third kappa shape index (κ3) is 8.23. The maximum atomic E-state index is 13.5. The average Bonchev–Trinajstić information content (AvgIpc) is 3.92. The van der Waals surface area contributed by atoms with Crippen LogP contribution in [0.3, 0.4) is 0 Å². The zero-order valence-corrected chi connectivity index (χ0v) is 28.4. The Morgan fingerprint density at radius 1 is 1.02 bits per heavy atom. The van der Waals surface area contributed by atoms with Crippen molar-refractivity contribution in [1.29, 1.82) is 0 Å². The van der Waals surface area contributed by atoms with Crippen LogP contribution in [-0.2, 0) is 27.9 Å². The van der Waals surface area contributed by atoms with Gasteiger partial charge in [0.25, 0.3) is 11.8 Å². The van der Waals surface area contributed by atoms with Gasteiger partial charge in [0.2, 0.25) is 0 Å². The van der Waals surface area contributed by atoms with Crippen LogP contribution in [0.1, 0.15) is 83.1 Å². The number of carbonyl (C=O) groups excluding carboxylic acids is 3. The number of alkyl carbamates (subject to hydrolysis) is 1. The van der Waals surface area contributed by atoms with Crippen LogP contribution in [0.2, 0.25) is 0 Å². The van der Waals surface area contributed by atoms with Gasteiger partial charge in [-0.2, -0.15) is 10.2 Å². The number of H-pyrrole nitrogens is 1. The van der Waals surface area contributed by atoms with E-state index in [2.05, 4.69) is 31.2 Å². The number of ether oxygens (including phenoxy) is 5. The van der Waals surface area contributed by atoms with Gasteiger partial charge in [0.15, 0.2) is 17.8 Å². The molecule has 15 nitrogen and oxygen atoms in total. The number of nitrogens with zero attached hydrogens (tertiary/aromatic N) is 3. The summed E-state index contributed by atoms with van der Waals surface area (Å²) in [5, 5.41) is 19.9. The second-order valence-corrected chi connectivity index (χ2v) is 12.4. The van der Waals surface area contributed by atoms with Crippen LogP contribution < -0.4 is 25.4 Å². The molecule has 2 atom stereocenters. The minimum atomic E-state index is -0.742. The molecule has 4 N–H and O–H groups in total. The van der Waals surface area contributed by atoms with Crippen molar-refractivity contribution in [3.8, 4) is 11.5 Å². The topological polar surface area (TPSA) is 180 Å². The van der Waals surface area contributed by atoms with E-state index in [0.717, 1.165) is 29.8 Å². The van der Waals surface area contributed by atoms with Gasteiger partial charge in [-0.15, -0.1) is 0 Å². The molecule has 1 saturated carbocycles. The molecule has 4 aromatic rings. The number of aromatic nitrogens is 4. The fraction of sp³-hybridized carbons (Fsp3) is 0.400. The summed E-state index contributed by atoms with van der Waals surface area (Å²) in [7, 11) is 3.19. The van der Waals surface area contributed by atoms with Gasteiger partial charge in [-0.05, 0) is 62.9 Å². The molecule has 2 aromatic heterocycles. The quantitative estimate of drug-likeness (QED) is 0.157. The number of amides is 3. The molecular weight excluding hydrogens is 646 g/mol. The number of nitrogens with one attached hydrogen (secondary N) is 4. The van der Waals surface area contributed by atoms with Crippen molar-refractivity contribution in [2.24, 2.45) is 7.05 Å². The van der Waals surface area contributed by atoms with Gasteiger partial charge in [0, 0.05) is 36.8 Å². The minimum Gasteiger partial charge on any atom is -0.497 e. The van der Waals surface area contributed by atoms with Crippen LogP contribution in [0.5, 0.6) is 11.5 Å². The van der Waals surface area contributed by atoms with Crippen molar-refractivity contribution in [3.05, 3.63) is 82.8 Å². The zero-order valence-electron chi connectivity index (χ0n) is 28.4. The van der Waals surface area contributed by atoms with E-state index in [1.54, 1.807) is 38.4 Å². The molecule has 0 radical (unpaired) electrons. The maximum Gasteiger partial charge on any atom is 0.407 e. The first-order valence-corrected chi connectivity index (χ1v) is 16.5. The lowest BCUT2D eigenvalue weighted by Crippen LogP contribution is -2.33. The number of carbonyl (C=O) groups is 3. The summed E-state index contributed by atoms with van der Waals surface area (Å²) in [5.74, 6) is 0.639. The van der Waals surface area contributed by atoms with E-state index in [4.69, 9.17) is 23.7 Å². The van der Waals surface area contributed by atoms with Gasteiger partial charge in [-0.1, -0.05) is 18.2 Å². The molecule has 2 aliphatic rings. The largest absolute Gasteiger partial charge is 0.497 e. The molecule has 50 heavy (non-hydrogen) atoms. The molecule has 0 spiro atoms. The third-order valence-corrected chi connectivity index (χ3v) is 8.41. The lowest BCUT2D eigenvalue weighted by atomic mass is 10.0. The molecule has 1 aliphatic heterocycles. The first-order valence-electron chi connectivity index (χ1n) is 16.5. The Balaban J connectivity index is 1.10. The molecule has 1 aliphatic carbocycles. The molecule has 1 saturated heterocycles. The fourth-order valence-corrected chi connectivity index (χ4v) is 5.95. The predicted molar refractivity (Wildman–Crippen MR) is 181 cm³/mol. The number of rotatable bonds is 12. The van der Waals surface area contributed by atoms with Gasteiger partial charge < -0.3 is 39.6 Å². The molecule has 15 heteroatoms. The van der Waals surface area contributed by atoms with Crippen LogP contribution in [0.25, 0.3) is 0 Å². The Bertz CT molecular complexity index is 1810. The molecule has 0 unspecified atom stereocenters. The smallest absolute Gasteiger partial charge is 0.407 e. The van der Waals surface area contributed by atoms with Gasteiger partial charge >= 0.3 is 6.09 Å². The summed E-state index contributed by atoms with van der Waals surface area (Å²) >= 11 is 0. The summed E-state index contributed by atoms with van der Waals surface area (Å²) in [6.07, 6.45) is 0.844. The van der Waals surface area contributed by atoms with Crippen molar-refractivity contribution in [1.82, 2.24) is 25.3 Å². The highest BCUT2D eigenvalue weighted by Gasteiger charge is 2.31. The van der Waals surface area contributed by atoms with Gasteiger partial charge in [0.05, 0.1) is 31.6 Å². The Morgan fingerprint density at radius 2 is 1.80 bits per heavy atom. The molecule has 264 valence electrons. The number of hydrogen-bond acceptors (Lipinski definition) is 10. The molecule has 0 bridgehead atoms. The Morgan fingerprint density at radius 3 is 2.54 bits per heavy atom. The molecule has 3 heterocycles. The molecule has 3 amide bonds. The van der Waals surface area contributed by atoms with Crippen molar-refractivity contribution in [2.45, 2.75) is 64.1 Å². The van der Waals surface area contributed by atoms with Gasteiger partial charge in [-0.25, -0.2) is 4.79 Å². The molecule has 2 fully saturated rings. The van der Waals surface area contributed by atoms with E-state index in [0.29, 0.717) is 42.5 Å². The predicted octanol–water partition coefficient (Wildman–Crippen LogP) is 5.05. The summed E-state index contributed by atoms with van der Waals surface area (Å²) in [6.45, 7) is 4.81. The second kappa shape index (κ2) is 15.4. The first-order chi connectivity index (χ1) is 24.2. The van der Waals surface area contributed by atoms with E-state index < -0.39 is 24.2 Å². The highest BCUT2D eigenvalue weighted by Crippen LogP contribution is 2.38. The Kier molecular flexibility index (Phi) is 10.6. The van der Waals surface area contributed by atoms with Crippen molar-refractivity contribution >= 4 is 29.4 Å².